The second-order valence-electron chi connectivity index (χ2n) is 5.69. The fraction of sp³-hybridized carbons (Fsp3) is 0.550. The number of hydrogen-bond acceptors (Lipinski definition) is 4. The summed E-state index contributed by atoms with van der Waals surface area (Å²) in [5.41, 5.74) is 1.33. The van der Waals surface area contributed by atoms with Gasteiger partial charge in [-0.3, -0.25) is 9.88 Å². The van der Waals surface area contributed by atoms with Gasteiger partial charge in [-0.15, -0.1) is 11.3 Å². The Kier molecular flexibility index (Phi) is 11.4. The summed E-state index contributed by atoms with van der Waals surface area (Å²) < 4.78 is 0. The molecule has 4 heteroatoms. The number of rotatable bonds is 5. The van der Waals surface area contributed by atoms with E-state index < -0.39 is 0 Å². The van der Waals surface area contributed by atoms with Crippen molar-refractivity contribution < 1.29 is 5.11 Å². The first-order chi connectivity index (χ1) is 11.8. The summed E-state index contributed by atoms with van der Waals surface area (Å²) in [5, 5.41) is 9.75. The van der Waals surface area contributed by atoms with Crippen molar-refractivity contribution in [2.45, 2.75) is 46.6 Å². The largest absolute Gasteiger partial charge is 0.397 e. The predicted molar refractivity (Wildman–Crippen MR) is 104 cm³/mol. The third-order valence-corrected chi connectivity index (χ3v) is 4.81. The molecule has 3 heterocycles. The van der Waals surface area contributed by atoms with Crippen molar-refractivity contribution in [3.05, 3.63) is 52.5 Å². The van der Waals surface area contributed by atoms with Crippen molar-refractivity contribution in [3.63, 3.8) is 0 Å². The molecule has 1 saturated heterocycles. The van der Waals surface area contributed by atoms with Gasteiger partial charge in [0, 0.05) is 37.0 Å². The Hall–Kier alpha value is -1.23. The van der Waals surface area contributed by atoms with Crippen molar-refractivity contribution in [3.8, 4) is 0 Å². The van der Waals surface area contributed by atoms with Gasteiger partial charge in [0.05, 0.1) is 0 Å². The SMILES string of the molecule is CC.CCO.c1cncc(CN2CCC(CCc3cccs3)C2)c1. The maximum atomic E-state index is 7.57. The molecule has 3 rings (SSSR count). The van der Waals surface area contributed by atoms with E-state index in [1.807, 2.05) is 43.6 Å². The van der Waals surface area contributed by atoms with Crippen LogP contribution in [0.25, 0.3) is 0 Å². The molecule has 0 radical (unpaired) electrons. The molecule has 134 valence electrons. The second-order valence-corrected chi connectivity index (χ2v) is 6.72. The summed E-state index contributed by atoms with van der Waals surface area (Å²) in [6.07, 6.45) is 7.77. The van der Waals surface area contributed by atoms with Crippen LogP contribution in [0.2, 0.25) is 0 Å². The first-order valence-corrected chi connectivity index (χ1v) is 9.94. The normalized spacial score (nSPS) is 16.8. The van der Waals surface area contributed by atoms with Gasteiger partial charge in [-0.1, -0.05) is 26.0 Å². The molecule has 1 aliphatic heterocycles. The molecule has 0 amide bonds. The van der Waals surface area contributed by atoms with Crippen LogP contribution in [-0.4, -0.2) is 34.7 Å². The highest BCUT2D eigenvalue weighted by Gasteiger charge is 2.22. The highest BCUT2D eigenvalue weighted by atomic mass is 32.1. The molecule has 0 spiro atoms. The Morgan fingerprint density at radius 3 is 2.71 bits per heavy atom. The maximum Gasteiger partial charge on any atom is 0.0402 e. The van der Waals surface area contributed by atoms with E-state index in [0.717, 1.165) is 12.5 Å². The van der Waals surface area contributed by atoms with E-state index >= 15 is 0 Å². The van der Waals surface area contributed by atoms with Crippen molar-refractivity contribution in [1.82, 2.24) is 9.88 Å². The zero-order valence-electron chi connectivity index (χ0n) is 15.3. The van der Waals surface area contributed by atoms with Crippen LogP contribution in [0.4, 0.5) is 0 Å². The molecular formula is C20H32N2OS. The van der Waals surface area contributed by atoms with Gasteiger partial charge < -0.3 is 5.11 Å². The van der Waals surface area contributed by atoms with E-state index in [2.05, 4.69) is 33.5 Å². The molecule has 3 nitrogen and oxygen atoms in total. The van der Waals surface area contributed by atoms with Gasteiger partial charge in [-0.05, 0) is 61.7 Å². The number of aliphatic hydroxyl groups is 1. The summed E-state index contributed by atoms with van der Waals surface area (Å²) in [6, 6.07) is 8.61. The third-order valence-electron chi connectivity index (χ3n) is 3.88. The number of nitrogens with zero attached hydrogens (tertiary/aromatic N) is 2. The topological polar surface area (TPSA) is 36.4 Å². The Labute approximate surface area is 151 Å². The molecule has 1 N–H and O–H groups in total. The fourth-order valence-corrected chi connectivity index (χ4v) is 3.57. The van der Waals surface area contributed by atoms with Crippen molar-refractivity contribution >= 4 is 11.3 Å². The molecule has 24 heavy (non-hydrogen) atoms. The predicted octanol–water partition coefficient (Wildman–Crippen LogP) is 4.62. The highest BCUT2D eigenvalue weighted by Crippen LogP contribution is 2.24. The minimum absolute atomic E-state index is 0.250. The first kappa shape index (κ1) is 20.8. The van der Waals surface area contributed by atoms with Gasteiger partial charge in [0.15, 0.2) is 0 Å². The summed E-state index contributed by atoms with van der Waals surface area (Å²) in [6.45, 7) is 9.48. The number of aliphatic hydroxyl groups excluding tert-OH is 1. The van der Waals surface area contributed by atoms with Crippen LogP contribution in [0, 0.1) is 5.92 Å². The van der Waals surface area contributed by atoms with Gasteiger partial charge >= 0.3 is 0 Å². The molecule has 2 aromatic rings. The van der Waals surface area contributed by atoms with Crippen molar-refractivity contribution in [1.29, 1.82) is 0 Å². The Bertz CT molecular complexity index is 502. The van der Waals surface area contributed by atoms with Gasteiger partial charge in [0.1, 0.15) is 0 Å². The second kappa shape index (κ2) is 13.1. The standard InChI is InChI=1S/C16H20N2S.C2H6O.C2H6/c1-3-15(11-17-8-1)13-18-9-7-14(12-18)5-6-16-4-2-10-19-16;1-2-3;1-2/h1-4,8,10-11,14H,5-7,9,12-13H2;3H,2H2,1H3;1-2H3. The smallest absolute Gasteiger partial charge is 0.0402 e. The molecule has 0 aromatic carbocycles. The summed E-state index contributed by atoms with van der Waals surface area (Å²) in [4.78, 5) is 8.29. The van der Waals surface area contributed by atoms with Crippen LogP contribution in [0.5, 0.6) is 0 Å². The third kappa shape index (κ3) is 8.04. The minimum Gasteiger partial charge on any atom is -0.397 e. The number of hydrogen-bond donors (Lipinski definition) is 1. The molecular weight excluding hydrogens is 316 g/mol. The zero-order valence-corrected chi connectivity index (χ0v) is 16.1. The Morgan fingerprint density at radius 1 is 1.29 bits per heavy atom. The lowest BCUT2D eigenvalue weighted by molar-refractivity contribution is 0.313. The highest BCUT2D eigenvalue weighted by molar-refractivity contribution is 7.09. The van der Waals surface area contributed by atoms with Crippen molar-refractivity contribution in [2.75, 3.05) is 19.7 Å². The van der Waals surface area contributed by atoms with Crippen LogP contribution in [-0.2, 0) is 13.0 Å². The van der Waals surface area contributed by atoms with Gasteiger partial charge in [-0.2, -0.15) is 0 Å². The first-order valence-electron chi connectivity index (χ1n) is 9.06. The van der Waals surface area contributed by atoms with E-state index in [9.17, 15) is 0 Å². The zero-order chi connectivity index (χ0) is 17.6. The lowest BCUT2D eigenvalue weighted by atomic mass is 10.0. The molecule has 1 fully saturated rings. The molecule has 0 saturated carbocycles. The van der Waals surface area contributed by atoms with Crippen LogP contribution in [0.1, 0.15) is 44.1 Å². The monoisotopic (exact) mass is 348 g/mol. The average Bonchev–Trinajstić information content (AvgIpc) is 3.28. The van der Waals surface area contributed by atoms with E-state index in [1.165, 1.54) is 42.8 Å². The lowest BCUT2D eigenvalue weighted by Crippen LogP contribution is -2.20. The summed E-state index contributed by atoms with van der Waals surface area (Å²) >= 11 is 1.89. The molecule has 1 unspecified atom stereocenters. The number of likely N-dealkylation sites (tertiary alicyclic amines) is 1. The Balaban J connectivity index is 0.000000521. The van der Waals surface area contributed by atoms with E-state index in [4.69, 9.17) is 5.11 Å². The van der Waals surface area contributed by atoms with Crippen LogP contribution < -0.4 is 0 Å². The number of aryl methyl sites for hydroxylation is 1. The summed E-state index contributed by atoms with van der Waals surface area (Å²) in [5.74, 6) is 0.874. The molecule has 0 aliphatic carbocycles. The summed E-state index contributed by atoms with van der Waals surface area (Å²) in [7, 11) is 0. The fourth-order valence-electron chi connectivity index (χ4n) is 2.84. The number of thiophene rings is 1. The molecule has 1 atom stereocenters. The average molecular weight is 349 g/mol. The minimum atomic E-state index is 0.250. The van der Waals surface area contributed by atoms with Crippen molar-refractivity contribution in [2.24, 2.45) is 5.92 Å². The molecule has 1 aliphatic rings. The van der Waals surface area contributed by atoms with Crippen LogP contribution in [0.3, 0.4) is 0 Å². The van der Waals surface area contributed by atoms with Crippen LogP contribution in [0.15, 0.2) is 42.0 Å². The Morgan fingerprint density at radius 2 is 2.08 bits per heavy atom. The molecule has 0 bridgehead atoms. The number of aromatic nitrogens is 1. The van der Waals surface area contributed by atoms with E-state index in [-0.39, 0.29) is 6.61 Å². The quantitative estimate of drug-likeness (QED) is 0.856. The van der Waals surface area contributed by atoms with Gasteiger partial charge in [0.2, 0.25) is 0 Å². The molecule has 2 aromatic heterocycles. The maximum absolute atomic E-state index is 7.57. The van der Waals surface area contributed by atoms with E-state index in [0.29, 0.717) is 0 Å². The van der Waals surface area contributed by atoms with Gasteiger partial charge in [0.25, 0.3) is 0 Å². The van der Waals surface area contributed by atoms with Gasteiger partial charge in [-0.25, -0.2) is 0 Å². The van der Waals surface area contributed by atoms with Crippen LogP contribution >= 0.6 is 11.3 Å². The van der Waals surface area contributed by atoms with E-state index in [1.54, 1.807) is 6.92 Å². The number of pyridine rings is 1. The lowest BCUT2D eigenvalue weighted by Gasteiger charge is -2.15.